The molecule has 0 aliphatic heterocycles. The molecule has 60 heavy (non-hydrogen) atoms. The van der Waals surface area contributed by atoms with Gasteiger partial charge >= 0.3 is 6.18 Å². The van der Waals surface area contributed by atoms with Crippen molar-refractivity contribution in [3.63, 3.8) is 0 Å². The largest absolute Gasteiger partial charge is 0.416 e. The van der Waals surface area contributed by atoms with E-state index in [0.29, 0.717) is 11.4 Å². The monoisotopic (exact) mass is 785 g/mol. The second kappa shape index (κ2) is 13.9. The number of alkyl halides is 3. The summed E-state index contributed by atoms with van der Waals surface area (Å²) in [4.78, 5) is 3.94. The molecule has 0 radical (unpaired) electrons. The second-order valence-electron chi connectivity index (χ2n) is 15.9. The molecule has 6 heteroatoms. The molecule has 0 fully saturated rings. The van der Waals surface area contributed by atoms with Crippen LogP contribution in [0.3, 0.4) is 0 Å². The van der Waals surface area contributed by atoms with Gasteiger partial charge in [0.25, 0.3) is 0 Å². The van der Waals surface area contributed by atoms with Crippen molar-refractivity contribution in [3.05, 3.63) is 197 Å². The average Bonchev–Trinajstić information content (AvgIpc) is 3.74. The Bertz CT molecular complexity index is 3390. The minimum absolute atomic E-state index is 0.0398. The molecule has 3 nitrogen and oxygen atoms in total. The zero-order chi connectivity index (χ0) is 41.4. The summed E-state index contributed by atoms with van der Waals surface area (Å²) < 4.78 is 48.6. The number of nitrogens with zero attached hydrogens (tertiary/aromatic N) is 3. The van der Waals surface area contributed by atoms with Gasteiger partial charge in [-0.2, -0.15) is 13.2 Å². The average molecular weight is 786 g/mol. The molecule has 0 spiro atoms. The van der Waals surface area contributed by atoms with Crippen molar-refractivity contribution in [3.8, 4) is 44.8 Å². The summed E-state index contributed by atoms with van der Waals surface area (Å²) in [5.74, 6) is 0. The molecule has 2 aromatic heterocycles. The lowest BCUT2D eigenvalue weighted by Gasteiger charge is -2.21. The maximum absolute atomic E-state index is 14.8. The molecular formula is C54H38F3N3. The Labute approximate surface area is 346 Å². The molecule has 0 amide bonds. The zero-order valence-electron chi connectivity index (χ0n) is 33.5. The number of aryl methyl sites for hydroxylation is 4. The number of benzene rings is 8. The number of hydrogen-bond donors (Lipinski definition) is 0. The summed E-state index contributed by atoms with van der Waals surface area (Å²) in [5, 5.41) is 4.08. The fourth-order valence-corrected chi connectivity index (χ4v) is 9.30. The smallest absolute Gasteiger partial charge is 0.308 e. The van der Waals surface area contributed by atoms with E-state index in [1.165, 1.54) is 34.4 Å². The fraction of sp³-hybridized carbons (Fsp3) is 0.0926. The van der Waals surface area contributed by atoms with E-state index >= 15 is 0 Å². The lowest BCUT2D eigenvalue weighted by Crippen LogP contribution is -2.08. The van der Waals surface area contributed by atoms with Crippen LogP contribution in [0.15, 0.2) is 158 Å². The number of halogens is 3. The van der Waals surface area contributed by atoms with Crippen LogP contribution in [0.5, 0.6) is 0 Å². The van der Waals surface area contributed by atoms with Gasteiger partial charge in [0.1, 0.15) is 0 Å². The zero-order valence-corrected chi connectivity index (χ0v) is 33.5. The third-order valence-electron chi connectivity index (χ3n) is 11.7. The van der Waals surface area contributed by atoms with Crippen molar-refractivity contribution >= 4 is 49.3 Å². The molecule has 0 aliphatic carbocycles. The highest BCUT2D eigenvalue weighted by atomic mass is 19.4. The Kier molecular flexibility index (Phi) is 8.55. The van der Waals surface area contributed by atoms with Gasteiger partial charge in [0.05, 0.1) is 45.6 Å². The van der Waals surface area contributed by atoms with E-state index in [9.17, 15) is 13.2 Å². The molecule has 0 N–H and O–H groups in total. The summed E-state index contributed by atoms with van der Waals surface area (Å²) in [7, 11) is 0. The Balaban J connectivity index is 1.32. The predicted molar refractivity (Wildman–Crippen MR) is 242 cm³/mol. The van der Waals surface area contributed by atoms with Crippen molar-refractivity contribution < 1.29 is 13.2 Å². The molecule has 10 rings (SSSR count). The Morgan fingerprint density at radius 2 is 0.850 bits per heavy atom. The summed E-state index contributed by atoms with van der Waals surface area (Å²) in [5.41, 5.74) is 13.6. The van der Waals surface area contributed by atoms with Crippen LogP contribution in [-0.4, -0.2) is 9.13 Å². The van der Waals surface area contributed by atoms with Crippen LogP contribution >= 0.6 is 0 Å². The van der Waals surface area contributed by atoms with Crippen molar-refractivity contribution in [1.82, 2.24) is 9.13 Å². The Morgan fingerprint density at radius 3 is 1.33 bits per heavy atom. The van der Waals surface area contributed by atoms with Crippen molar-refractivity contribution in [2.75, 3.05) is 0 Å². The first-order valence-electron chi connectivity index (χ1n) is 19.9. The summed E-state index contributed by atoms with van der Waals surface area (Å²) in [6, 6.07) is 51.5. The van der Waals surface area contributed by atoms with E-state index in [4.69, 9.17) is 6.57 Å². The first-order chi connectivity index (χ1) is 29.0. The number of fused-ring (bicyclic) bond motifs is 6. The minimum Gasteiger partial charge on any atom is -0.308 e. The molecule has 10 aromatic rings. The van der Waals surface area contributed by atoms with Gasteiger partial charge in [-0.05, 0) is 116 Å². The third-order valence-corrected chi connectivity index (χ3v) is 11.7. The second-order valence-corrected chi connectivity index (χ2v) is 15.9. The van der Waals surface area contributed by atoms with E-state index in [1.807, 2.05) is 24.3 Å². The molecule has 290 valence electrons. The molecule has 0 bridgehead atoms. The maximum Gasteiger partial charge on any atom is 0.416 e. The molecular weight excluding hydrogens is 748 g/mol. The standard InChI is InChI=1S/C54H38F3N3/c1-32-22-33(2)25-38(24-32)36-18-20-50-44(28-36)41-13-7-10-16-48(41)59(50)52-30-43(40-12-6-9-15-46(40)54(55,56)57)47(58-5)31-53(52)60-49-17-11-8-14-42(49)45-29-37(19-21-51(45)60)39-26-34(3)23-35(4)27-39/h6-31H,1-4H3. The van der Waals surface area contributed by atoms with Crippen LogP contribution in [0, 0.1) is 34.3 Å². The van der Waals surface area contributed by atoms with E-state index in [-0.39, 0.29) is 16.8 Å². The maximum atomic E-state index is 14.8. The van der Waals surface area contributed by atoms with Gasteiger partial charge in [-0.3, -0.25) is 0 Å². The molecule has 2 heterocycles. The van der Waals surface area contributed by atoms with Crippen molar-refractivity contribution in [1.29, 1.82) is 0 Å². The summed E-state index contributed by atoms with van der Waals surface area (Å²) in [6.07, 6.45) is -4.63. The van der Waals surface area contributed by atoms with Crippen LogP contribution in [0.4, 0.5) is 18.9 Å². The van der Waals surface area contributed by atoms with Crippen LogP contribution < -0.4 is 0 Å². The molecule has 8 aromatic carbocycles. The summed E-state index contributed by atoms with van der Waals surface area (Å²) >= 11 is 0. The summed E-state index contributed by atoms with van der Waals surface area (Å²) in [6.45, 7) is 16.8. The number of hydrogen-bond acceptors (Lipinski definition) is 0. The van der Waals surface area contributed by atoms with Gasteiger partial charge < -0.3 is 9.13 Å². The normalized spacial score (nSPS) is 11.9. The first-order valence-corrected chi connectivity index (χ1v) is 19.9. The number of rotatable bonds is 5. The number of para-hydroxylation sites is 2. The van der Waals surface area contributed by atoms with E-state index < -0.39 is 11.7 Å². The quantitative estimate of drug-likeness (QED) is 0.154. The SMILES string of the molecule is [C-]#[N+]c1cc(-n2c3ccccc3c3cc(-c4cc(C)cc(C)c4)ccc32)c(-n2c3ccccc3c3cc(-c4cc(C)cc(C)c4)ccc32)cc1-c1ccccc1C(F)(F)F. The lowest BCUT2D eigenvalue weighted by molar-refractivity contribution is -0.137. The van der Waals surface area contributed by atoms with Gasteiger partial charge in [-0.1, -0.05) is 125 Å². The van der Waals surface area contributed by atoms with Crippen LogP contribution in [0.25, 0.3) is 93.2 Å². The third kappa shape index (κ3) is 6.05. The molecule has 0 unspecified atom stereocenters. The van der Waals surface area contributed by atoms with Crippen LogP contribution in [0.1, 0.15) is 27.8 Å². The number of aromatic nitrogens is 2. The molecule has 0 aliphatic rings. The van der Waals surface area contributed by atoms with Crippen molar-refractivity contribution in [2.45, 2.75) is 33.9 Å². The Hall–Kier alpha value is -7.36. The molecule has 0 saturated heterocycles. The van der Waals surface area contributed by atoms with Gasteiger partial charge in [-0.25, -0.2) is 4.85 Å². The highest BCUT2D eigenvalue weighted by molar-refractivity contribution is 6.13. The fourth-order valence-electron chi connectivity index (χ4n) is 9.30. The molecule has 0 atom stereocenters. The van der Waals surface area contributed by atoms with Crippen LogP contribution in [-0.2, 0) is 6.18 Å². The predicted octanol–water partition coefficient (Wildman–Crippen LogP) is 15.7. The van der Waals surface area contributed by atoms with E-state index in [2.05, 4.69) is 139 Å². The first kappa shape index (κ1) is 36.9. The van der Waals surface area contributed by atoms with Gasteiger partial charge in [-0.15, -0.1) is 0 Å². The highest BCUT2D eigenvalue weighted by Crippen LogP contribution is 2.46. The Morgan fingerprint density at radius 1 is 0.417 bits per heavy atom. The van der Waals surface area contributed by atoms with Gasteiger partial charge in [0.15, 0.2) is 5.69 Å². The highest BCUT2D eigenvalue weighted by Gasteiger charge is 2.34. The van der Waals surface area contributed by atoms with Crippen molar-refractivity contribution in [2.24, 2.45) is 0 Å². The molecule has 0 saturated carbocycles. The van der Waals surface area contributed by atoms with Gasteiger partial charge in [0.2, 0.25) is 0 Å². The lowest BCUT2D eigenvalue weighted by atomic mass is 9.96. The van der Waals surface area contributed by atoms with E-state index in [1.54, 1.807) is 18.2 Å². The minimum atomic E-state index is -4.63. The van der Waals surface area contributed by atoms with Crippen LogP contribution in [0.2, 0.25) is 0 Å². The van der Waals surface area contributed by atoms with E-state index in [0.717, 1.165) is 71.9 Å². The topological polar surface area (TPSA) is 14.2 Å². The van der Waals surface area contributed by atoms with Gasteiger partial charge in [0, 0.05) is 21.5 Å².